The van der Waals surface area contributed by atoms with Crippen molar-refractivity contribution in [2.24, 2.45) is 7.05 Å². The fourth-order valence-electron chi connectivity index (χ4n) is 1.29. The molecule has 0 saturated heterocycles. The van der Waals surface area contributed by atoms with Gasteiger partial charge < -0.3 is 5.11 Å². The maximum atomic E-state index is 11.6. The maximum absolute atomic E-state index is 11.6. The van der Waals surface area contributed by atoms with E-state index in [4.69, 9.17) is 0 Å². The van der Waals surface area contributed by atoms with E-state index < -0.39 is 0 Å². The third kappa shape index (κ3) is 0.968. The summed E-state index contributed by atoms with van der Waals surface area (Å²) in [7, 11) is 1.73. The van der Waals surface area contributed by atoms with Crippen LogP contribution in [0.25, 0.3) is 4.96 Å². The summed E-state index contributed by atoms with van der Waals surface area (Å²) in [5.74, 6) is 0.0347. The molecule has 5 heteroatoms. The molecule has 0 radical (unpaired) electrons. The second kappa shape index (κ2) is 2.56. The lowest BCUT2D eigenvalue weighted by Gasteiger charge is -1.98. The molecule has 0 aliphatic carbocycles. The van der Waals surface area contributed by atoms with E-state index in [0.717, 1.165) is 4.96 Å². The molecule has 2 heterocycles. The van der Waals surface area contributed by atoms with Crippen molar-refractivity contribution in [3.05, 3.63) is 27.5 Å². The highest BCUT2D eigenvalue weighted by Gasteiger charge is 2.18. The summed E-state index contributed by atoms with van der Waals surface area (Å²) in [4.78, 5) is 12.3. The molecule has 4 nitrogen and oxygen atoms in total. The van der Waals surface area contributed by atoms with E-state index in [1.165, 1.54) is 15.7 Å². The number of aryl methyl sites for hydroxylation is 1. The number of rotatable bonds is 0. The lowest BCUT2D eigenvalue weighted by Crippen LogP contribution is -2.36. The number of nitrogens with zero attached hydrogens (tertiary/aromatic N) is 2. The van der Waals surface area contributed by atoms with Crippen molar-refractivity contribution in [1.82, 2.24) is 4.40 Å². The molecule has 2 aromatic heterocycles. The van der Waals surface area contributed by atoms with Crippen molar-refractivity contribution in [3.63, 3.8) is 0 Å². The highest BCUT2D eigenvalue weighted by Crippen LogP contribution is 2.10. The highest BCUT2D eigenvalue weighted by molar-refractivity contribution is 7.14. The second-order valence-corrected chi connectivity index (χ2v) is 3.74. The molecule has 0 unspecified atom stereocenters. The van der Waals surface area contributed by atoms with Gasteiger partial charge in [-0.15, -0.1) is 0 Å². The minimum absolute atomic E-state index is 0.0347. The largest absolute Gasteiger partial charge is 0.477 e. The molecule has 0 spiro atoms. The van der Waals surface area contributed by atoms with E-state index in [1.54, 1.807) is 24.7 Å². The molecule has 2 aromatic rings. The van der Waals surface area contributed by atoms with Crippen LogP contribution in [-0.4, -0.2) is 9.51 Å². The van der Waals surface area contributed by atoms with Crippen molar-refractivity contribution in [1.29, 1.82) is 0 Å². The van der Waals surface area contributed by atoms with E-state index in [2.05, 4.69) is 0 Å². The number of fused-ring (bicyclic) bond motifs is 1. The zero-order valence-corrected chi connectivity index (χ0v) is 8.13. The number of aromatic hydroxyl groups is 1. The van der Waals surface area contributed by atoms with E-state index in [-0.39, 0.29) is 11.4 Å². The number of aromatic nitrogens is 2. The monoisotopic (exact) mass is 197 g/mol. The Balaban J connectivity index is 3.11. The Hall–Kier alpha value is -1.36. The third-order valence-corrected chi connectivity index (χ3v) is 3.01. The molecule has 0 saturated carbocycles. The molecular weight excluding hydrogens is 188 g/mol. The van der Waals surface area contributed by atoms with Crippen LogP contribution in [0.1, 0.15) is 5.56 Å². The Morgan fingerprint density at radius 3 is 3.00 bits per heavy atom. The minimum Gasteiger partial charge on any atom is -0.477 e. The van der Waals surface area contributed by atoms with Crippen molar-refractivity contribution >= 4 is 16.3 Å². The van der Waals surface area contributed by atoms with Gasteiger partial charge in [0, 0.05) is 5.38 Å². The van der Waals surface area contributed by atoms with Gasteiger partial charge in [-0.2, -0.15) is 8.97 Å². The lowest BCUT2D eigenvalue weighted by molar-refractivity contribution is -0.653. The van der Waals surface area contributed by atoms with Crippen LogP contribution in [0.5, 0.6) is 5.88 Å². The van der Waals surface area contributed by atoms with E-state index >= 15 is 0 Å². The maximum Gasteiger partial charge on any atom is 0.351 e. The number of thiazole rings is 1. The summed E-state index contributed by atoms with van der Waals surface area (Å²) in [5, 5.41) is 11.4. The molecule has 0 fully saturated rings. The fourth-order valence-corrected chi connectivity index (χ4v) is 2.09. The smallest absolute Gasteiger partial charge is 0.351 e. The van der Waals surface area contributed by atoms with Gasteiger partial charge in [0.15, 0.2) is 0 Å². The average molecular weight is 197 g/mol. The van der Waals surface area contributed by atoms with Gasteiger partial charge in [0.1, 0.15) is 11.8 Å². The number of hydrogen-bond acceptors (Lipinski definition) is 3. The van der Waals surface area contributed by atoms with E-state index in [0.29, 0.717) is 5.56 Å². The number of hydrogen-bond donors (Lipinski definition) is 1. The van der Waals surface area contributed by atoms with Gasteiger partial charge in [-0.05, 0) is 6.92 Å². The summed E-state index contributed by atoms with van der Waals surface area (Å²) in [5.41, 5.74) is 0.213. The van der Waals surface area contributed by atoms with Crippen LogP contribution in [0.3, 0.4) is 0 Å². The third-order valence-electron chi connectivity index (χ3n) is 2.07. The van der Waals surface area contributed by atoms with Crippen LogP contribution in [-0.2, 0) is 7.05 Å². The molecule has 0 atom stereocenters. The van der Waals surface area contributed by atoms with Gasteiger partial charge in [0.25, 0.3) is 5.88 Å². The molecular formula is C8H9N2O2S+. The molecule has 0 amide bonds. The van der Waals surface area contributed by atoms with Gasteiger partial charge in [0.2, 0.25) is 0 Å². The summed E-state index contributed by atoms with van der Waals surface area (Å²) in [6.45, 7) is 1.61. The van der Waals surface area contributed by atoms with Gasteiger partial charge in [0.05, 0.1) is 7.05 Å². The molecule has 2 rings (SSSR count). The van der Waals surface area contributed by atoms with E-state index in [1.807, 2.05) is 5.38 Å². The molecule has 0 aliphatic rings. The second-order valence-electron chi connectivity index (χ2n) is 2.87. The Bertz CT molecular complexity index is 527. The molecule has 1 N–H and O–H groups in total. The molecule has 0 aromatic carbocycles. The first kappa shape index (κ1) is 8.25. The van der Waals surface area contributed by atoms with Crippen LogP contribution in [0, 0.1) is 6.92 Å². The molecule has 68 valence electrons. The van der Waals surface area contributed by atoms with Gasteiger partial charge in [-0.3, -0.25) is 0 Å². The average Bonchev–Trinajstić information content (AvgIpc) is 2.59. The van der Waals surface area contributed by atoms with Crippen LogP contribution >= 0.6 is 11.3 Å². The van der Waals surface area contributed by atoms with Crippen LogP contribution in [0.15, 0.2) is 16.4 Å². The normalized spacial score (nSPS) is 10.9. The SMILES string of the molecule is Cc1c(O)[n+](C)c2sccn2c1=O. The quantitative estimate of drug-likeness (QED) is 0.613. The first-order valence-corrected chi connectivity index (χ1v) is 4.68. The predicted molar refractivity (Wildman–Crippen MR) is 49.1 cm³/mol. The van der Waals surface area contributed by atoms with Gasteiger partial charge >= 0.3 is 10.5 Å². The first-order valence-electron chi connectivity index (χ1n) is 3.80. The van der Waals surface area contributed by atoms with E-state index in [9.17, 15) is 9.90 Å². The topological polar surface area (TPSA) is 45.6 Å². The standard InChI is InChI=1S/C8H8N2O2S/c1-5-6(11)9(2)8-10(7(5)12)3-4-13-8/h3-4H,1-2H3/p+1. The van der Waals surface area contributed by atoms with Crippen molar-refractivity contribution in [2.45, 2.75) is 6.92 Å². The lowest BCUT2D eigenvalue weighted by atomic mass is 10.3. The van der Waals surface area contributed by atoms with Crippen LogP contribution in [0.2, 0.25) is 0 Å². The summed E-state index contributed by atoms with van der Waals surface area (Å²) in [6.07, 6.45) is 1.70. The van der Waals surface area contributed by atoms with Crippen molar-refractivity contribution in [3.8, 4) is 5.88 Å². The van der Waals surface area contributed by atoms with Gasteiger partial charge in [-0.25, -0.2) is 4.79 Å². The van der Waals surface area contributed by atoms with Crippen LogP contribution < -0.4 is 10.1 Å². The highest BCUT2D eigenvalue weighted by atomic mass is 32.1. The Morgan fingerprint density at radius 1 is 1.62 bits per heavy atom. The van der Waals surface area contributed by atoms with Crippen LogP contribution in [0.4, 0.5) is 0 Å². The first-order chi connectivity index (χ1) is 6.13. The zero-order chi connectivity index (χ0) is 9.59. The Kier molecular flexibility index (Phi) is 1.63. The molecule has 0 bridgehead atoms. The minimum atomic E-state index is -0.160. The summed E-state index contributed by atoms with van der Waals surface area (Å²) < 4.78 is 3.13. The summed E-state index contributed by atoms with van der Waals surface area (Å²) >= 11 is 1.42. The zero-order valence-electron chi connectivity index (χ0n) is 7.31. The molecule has 13 heavy (non-hydrogen) atoms. The summed E-state index contributed by atoms with van der Waals surface area (Å²) in [6, 6.07) is 0. The van der Waals surface area contributed by atoms with Gasteiger partial charge in [-0.1, -0.05) is 11.3 Å². The molecule has 0 aliphatic heterocycles. The fraction of sp³-hybridized carbons (Fsp3) is 0.250. The Labute approximate surface area is 78.3 Å². The predicted octanol–water partition coefficient (Wildman–Crippen LogP) is 0.200. The van der Waals surface area contributed by atoms with Crippen molar-refractivity contribution < 1.29 is 9.67 Å². The Morgan fingerprint density at radius 2 is 2.31 bits per heavy atom. The van der Waals surface area contributed by atoms with Crippen molar-refractivity contribution in [2.75, 3.05) is 0 Å².